The summed E-state index contributed by atoms with van der Waals surface area (Å²) in [5.41, 5.74) is 0.894. The van der Waals surface area contributed by atoms with Gasteiger partial charge in [0.2, 0.25) is 15.9 Å². The molecule has 0 unspecified atom stereocenters. The van der Waals surface area contributed by atoms with E-state index in [1.807, 2.05) is 41.8 Å². The molecule has 9 heteroatoms. The zero-order chi connectivity index (χ0) is 21.6. The highest BCUT2D eigenvalue weighted by Crippen LogP contribution is 2.25. The van der Waals surface area contributed by atoms with Crippen molar-refractivity contribution in [3.8, 4) is 5.75 Å². The number of hydrogen-bond donors (Lipinski definition) is 2. The minimum absolute atomic E-state index is 0.0137. The average Bonchev–Trinajstić information content (AvgIpc) is 3.27. The highest BCUT2D eigenvalue weighted by atomic mass is 79.9. The van der Waals surface area contributed by atoms with E-state index in [4.69, 9.17) is 4.74 Å². The number of amides is 1. The molecule has 158 valence electrons. The summed E-state index contributed by atoms with van der Waals surface area (Å²) < 4.78 is 34.3. The highest BCUT2D eigenvalue weighted by Gasteiger charge is 2.24. The van der Waals surface area contributed by atoms with Crippen LogP contribution in [0.1, 0.15) is 22.9 Å². The second-order valence-corrected chi connectivity index (χ2v) is 10.1. The Bertz CT molecular complexity index is 1080. The predicted molar refractivity (Wildman–Crippen MR) is 121 cm³/mol. The summed E-state index contributed by atoms with van der Waals surface area (Å²) >= 11 is 4.70. The molecule has 3 rings (SSSR count). The van der Waals surface area contributed by atoms with Crippen LogP contribution in [0.2, 0.25) is 0 Å². The summed E-state index contributed by atoms with van der Waals surface area (Å²) in [5, 5.41) is 4.70. The third kappa shape index (κ3) is 6.15. The zero-order valence-corrected chi connectivity index (χ0v) is 19.4. The molecule has 0 radical (unpaired) electrons. The molecule has 0 bridgehead atoms. The SMILES string of the molecule is COc1cccc(CNC(=O)C[C@@H](NS(=O)(=O)c2ccc(Br)cc2)c2cccs2)c1. The number of thiophene rings is 1. The van der Waals surface area contributed by atoms with Crippen LogP contribution in [-0.4, -0.2) is 21.4 Å². The summed E-state index contributed by atoms with van der Waals surface area (Å²) in [7, 11) is -2.20. The van der Waals surface area contributed by atoms with Gasteiger partial charge >= 0.3 is 0 Å². The quantitative estimate of drug-likeness (QED) is 0.452. The first-order chi connectivity index (χ1) is 14.4. The number of ether oxygens (including phenoxy) is 1. The number of hydrogen-bond acceptors (Lipinski definition) is 5. The summed E-state index contributed by atoms with van der Waals surface area (Å²) in [6.07, 6.45) is -0.0137. The molecule has 0 aliphatic heterocycles. The third-order valence-electron chi connectivity index (χ3n) is 4.32. The topological polar surface area (TPSA) is 84.5 Å². The summed E-state index contributed by atoms with van der Waals surface area (Å²) in [4.78, 5) is 13.5. The minimum atomic E-state index is -3.78. The van der Waals surface area contributed by atoms with Crippen molar-refractivity contribution >= 4 is 43.2 Å². The van der Waals surface area contributed by atoms with Gasteiger partial charge in [0.15, 0.2) is 0 Å². The second kappa shape index (κ2) is 10.2. The Kier molecular flexibility index (Phi) is 7.65. The van der Waals surface area contributed by atoms with Gasteiger partial charge in [-0.3, -0.25) is 4.79 Å². The van der Waals surface area contributed by atoms with Crippen molar-refractivity contribution < 1.29 is 17.9 Å². The van der Waals surface area contributed by atoms with Gasteiger partial charge in [-0.1, -0.05) is 34.1 Å². The Balaban J connectivity index is 1.69. The van der Waals surface area contributed by atoms with Crippen molar-refractivity contribution in [3.05, 3.63) is 81.0 Å². The molecule has 0 spiro atoms. The van der Waals surface area contributed by atoms with Gasteiger partial charge < -0.3 is 10.1 Å². The van der Waals surface area contributed by atoms with Crippen LogP contribution in [0.25, 0.3) is 0 Å². The van der Waals surface area contributed by atoms with Crippen LogP contribution < -0.4 is 14.8 Å². The van der Waals surface area contributed by atoms with Gasteiger partial charge in [-0.15, -0.1) is 11.3 Å². The molecule has 1 heterocycles. The van der Waals surface area contributed by atoms with Crippen molar-refractivity contribution in [2.45, 2.75) is 23.9 Å². The number of methoxy groups -OCH3 is 1. The van der Waals surface area contributed by atoms with Crippen LogP contribution in [0, 0.1) is 0 Å². The molecule has 2 aromatic carbocycles. The van der Waals surface area contributed by atoms with Crippen LogP contribution in [0.4, 0.5) is 0 Å². The van der Waals surface area contributed by atoms with Gasteiger partial charge in [-0.05, 0) is 53.4 Å². The molecule has 6 nitrogen and oxygen atoms in total. The predicted octanol–water partition coefficient (Wildman–Crippen LogP) is 4.25. The fraction of sp³-hybridized carbons (Fsp3) is 0.190. The first-order valence-electron chi connectivity index (χ1n) is 9.08. The van der Waals surface area contributed by atoms with E-state index in [1.165, 1.54) is 23.5 Å². The molecule has 0 fully saturated rings. The van der Waals surface area contributed by atoms with Gasteiger partial charge in [0.05, 0.1) is 18.0 Å². The van der Waals surface area contributed by atoms with Gasteiger partial charge in [-0.25, -0.2) is 13.1 Å². The number of carbonyl (C=O) groups excluding carboxylic acids is 1. The van der Waals surface area contributed by atoms with Crippen LogP contribution in [0.3, 0.4) is 0 Å². The molecular weight excluding hydrogens is 488 g/mol. The smallest absolute Gasteiger partial charge is 0.241 e. The van der Waals surface area contributed by atoms with E-state index in [9.17, 15) is 13.2 Å². The highest BCUT2D eigenvalue weighted by molar-refractivity contribution is 9.10. The molecule has 0 aliphatic carbocycles. The first-order valence-corrected chi connectivity index (χ1v) is 12.2. The maximum atomic E-state index is 12.8. The number of nitrogens with one attached hydrogen (secondary N) is 2. The molecule has 2 N–H and O–H groups in total. The Morgan fingerprint density at radius 3 is 2.57 bits per heavy atom. The number of halogens is 1. The van der Waals surface area contributed by atoms with E-state index in [1.54, 1.807) is 19.2 Å². The molecule has 0 saturated heterocycles. The fourth-order valence-electron chi connectivity index (χ4n) is 2.80. The van der Waals surface area contributed by atoms with Crippen molar-refractivity contribution in [2.24, 2.45) is 0 Å². The largest absolute Gasteiger partial charge is 0.497 e. The van der Waals surface area contributed by atoms with Crippen molar-refractivity contribution in [1.82, 2.24) is 10.0 Å². The van der Waals surface area contributed by atoms with Crippen molar-refractivity contribution in [3.63, 3.8) is 0 Å². The molecule has 1 aromatic heterocycles. The lowest BCUT2D eigenvalue weighted by atomic mass is 10.1. The third-order valence-corrected chi connectivity index (χ3v) is 7.32. The first kappa shape index (κ1) is 22.5. The van der Waals surface area contributed by atoms with Crippen LogP contribution in [-0.2, 0) is 21.4 Å². The molecule has 3 aromatic rings. The molecule has 30 heavy (non-hydrogen) atoms. The Labute approximate surface area is 188 Å². The zero-order valence-electron chi connectivity index (χ0n) is 16.2. The summed E-state index contributed by atoms with van der Waals surface area (Å²) in [6.45, 7) is 0.326. The van der Waals surface area contributed by atoms with Crippen LogP contribution >= 0.6 is 27.3 Å². The van der Waals surface area contributed by atoms with Crippen molar-refractivity contribution in [1.29, 1.82) is 0 Å². The van der Waals surface area contributed by atoms with Crippen LogP contribution in [0.5, 0.6) is 5.75 Å². The van der Waals surface area contributed by atoms with E-state index in [0.717, 1.165) is 14.9 Å². The minimum Gasteiger partial charge on any atom is -0.497 e. The standard InChI is InChI=1S/C21H21BrN2O4S2/c1-28-17-5-2-4-15(12-17)14-23-21(25)13-19(20-6-3-11-29-20)24-30(26,27)18-9-7-16(22)8-10-18/h2-12,19,24H,13-14H2,1H3,(H,23,25)/t19-/m1/s1. The fourth-order valence-corrected chi connectivity index (χ4v) is 5.13. The number of rotatable bonds is 9. The van der Waals surface area contributed by atoms with E-state index >= 15 is 0 Å². The molecule has 1 amide bonds. The average molecular weight is 509 g/mol. The van der Waals surface area contributed by atoms with E-state index in [-0.39, 0.29) is 17.2 Å². The lowest BCUT2D eigenvalue weighted by Crippen LogP contribution is -2.33. The van der Waals surface area contributed by atoms with E-state index in [2.05, 4.69) is 26.0 Å². The maximum absolute atomic E-state index is 12.8. The molecule has 0 saturated carbocycles. The van der Waals surface area contributed by atoms with Gasteiger partial charge in [-0.2, -0.15) is 0 Å². The molecular formula is C21H21BrN2O4S2. The maximum Gasteiger partial charge on any atom is 0.241 e. The number of carbonyl (C=O) groups is 1. The monoisotopic (exact) mass is 508 g/mol. The lowest BCUT2D eigenvalue weighted by molar-refractivity contribution is -0.121. The summed E-state index contributed by atoms with van der Waals surface area (Å²) in [5.74, 6) is 0.454. The Morgan fingerprint density at radius 2 is 1.90 bits per heavy atom. The van der Waals surface area contributed by atoms with E-state index in [0.29, 0.717) is 12.3 Å². The van der Waals surface area contributed by atoms with Gasteiger partial charge in [0.25, 0.3) is 0 Å². The Hall–Kier alpha value is -2.20. The van der Waals surface area contributed by atoms with E-state index < -0.39 is 16.1 Å². The number of sulfonamides is 1. The van der Waals surface area contributed by atoms with Gasteiger partial charge in [0, 0.05) is 22.3 Å². The Morgan fingerprint density at radius 1 is 1.13 bits per heavy atom. The summed E-state index contributed by atoms with van der Waals surface area (Å²) in [6, 6.07) is 16.7. The van der Waals surface area contributed by atoms with Crippen molar-refractivity contribution in [2.75, 3.05) is 7.11 Å². The van der Waals surface area contributed by atoms with Gasteiger partial charge in [0.1, 0.15) is 5.75 Å². The number of benzene rings is 2. The molecule has 0 aliphatic rings. The lowest BCUT2D eigenvalue weighted by Gasteiger charge is -2.18. The normalized spacial score (nSPS) is 12.3. The van der Waals surface area contributed by atoms with Crippen LogP contribution in [0.15, 0.2) is 75.4 Å². The molecule has 1 atom stereocenters. The second-order valence-electron chi connectivity index (χ2n) is 6.48.